The van der Waals surface area contributed by atoms with E-state index in [1.165, 1.54) is 36.1 Å². The Bertz CT molecular complexity index is 965. The van der Waals surface area contributed by atoms with E-state index in [1.807, 2.05) is 6.21 Å². The summed E-state index contributed by atoms with van der Waals surface area (Å²) in [5.74, 6) is 0.895. The van der Waals surface area contributed by atoms with E-state index in [2.05, 4.69) is 62.6 Å². The second-order valence-corrected chi connectivity index (χ2v) is 11.5. The highest BCUT2D eigenvalue weighted by Gasteiger charge is 2.27. The first-order chi connectivity index (χ1) is 14.6. The summed E-state index contributed by atoms with van der Waals surface area (Å²) in [6.07, 6.45) is 12.1. The van der Waals surface area contributed by atoms with Crippen molar-refractivity contribution in [2.75, 3.05) is 7.11 Å². The van der Waals surface area contributed by atoms with Crippen LogP contribution in [0.3, 0.4) is 0 Å². The molecule has 1 amide bonds. The van der Waals surface area contributed by atoms with Crippen LogP contribution >= 0.6 is 56.5 Å². The molecule has 30 heavy (non-hydrogen) atoms. The topological polar surface area (TPSA) is 50.7 Å². The normalized spacial score (nSPS) is 17.2. The third-order valence-electron chi connectivity index (χ3n) is 5.88. The van der Waals surface area contributed by atoms with Gasteiger partial charge in [-0.15, -0.1) is 11.3 Å². The number of carbonyl (C=O) groups is 1. The SMILES string of the molecule is COc1c(I)cc(I)cc1C=Nc1sc2c(c1C(=O)NC1CCCCC1)CCCC2. The van der Waals surface area contributed by atoms with Gasteiger partial charge in [0.2, 0.25) is 0 Å². The van der Waals surface area contributed by atoms with Crippen molar-refractivity contribution in [2.24, 2.45) is 4.99 Å². The second-order valence-electron chi connectivity index (χ2n) is 7.97. The van der Waals surface area contributed by atoms with Gasteiger partial charge in [0.05, 0.1) is 16.2 Å². The van der Waals surface area contributed by atoms with E-state index in [0.29, 0.717) is 6.04 Å². The number of nitrogens with one attached hydrogen (secondary N) is 1. The number of hydrogen-bond acceptors (Lipinski definition) is 4. The molecule has 0 radical (unpaired) electrons. The van der Waals surface area contributed by atoms with Crippen LogP contribution in [0.4, 0.5) is 5.00 Å². The van der Waals surface area contributed by atoms with Gasteiger partial charge in [0.15, 0.2) is 0 Å². The molecule has 1 N–H and O–H groups in total. The van der Waals surface area contributed by atoms with Crippen molar-refractivity contribution in [3.8, 4) is 5.75 Å². The number of thiophene rings is 1. The van der Waals surface area contributed by atoms with Gasteiger partial charge in [-0.05, 0) is 101 Å². The first-order valence-corrected chi connectivity index (χ1v) is 13.6. The maximum absolute atomic E-state index is 13.3. The Balaban J connectivity index is 1.67. The van der Waals surface area contributed by atoms with Gasteiger partial charge in [-0.25, -0.2) is 4.99 Å². The maximum Gasteiger partial charge on any atom is 0.254 e. The van der Waals surface area contributed by atoms with E-state index in [-0.39, 0.29) is 5.91 Å². The molecule has 0 bridgehead atoms. The lowest BCUT2D eigenvalue weighted by atomic mass is 9.93. The number of ether oxygens (including phenoxy) is 1. The molecule has 2 aromatic rings. The fourth-order valence-electron chi connectivity index (χ4n) is 4.40. The van der Waals surface area contributed by atoms with Crippen LogP contribution in [-0.2, 0) is 12.8 Å². The number of methoxy groups -OCH3 is 1. The van der Waals surface area contributed by atoms with Gasteiger partial charge >= 0.3 is 0 Å². The minimum absolute atomic E-state index is 0.0673. The zero-order valence-electron chi connectivity index (χ0n) is 17.1. The van der Waals surface area contributed by atoms with Gasteiger partial charge in [0.1, 0.15) is 10.8 Å². The van der Waals surface area contributed by atoms with Gasteiger partial charge in [0.25, 0.3) is 5.91 Å². The number of halogens is 2. The van der Waals surface area contributed by atoms with E-state index in [1.54, 1.807) is 18.4 Å². The number of benzene rings is 1. The Morgan fingerprint density at radius 1 is 1.17 bits per heavy atom. The van der Waals surface area contributed by atoms with E-state index < -0.39 is 0 Å². The molecule has 160 valence electrons. The number of carbonyl (C=O) groups excluding carboxylic acids is 1. The van der Waals surface area contributed by atoms with Gasteiger partial charge in [-0.3, -0.25) is 4.79 Å². The molecule has 0 aliphatic heterocycles. The van der Waals surface area contributed by atoms with Crippen LogP contribution in [0.25, 0.3) is 0 Å². The largest absolute Gasteiger partial charge is 0.495 e. The molecule has 1 heterocycles. The maximum atomic E-state index is 13.3. The van der Waals surface area contributed by atoms with E-state index in [0.717, 1.165) is 61.1 Å². The number of nitrogens with zero attached hydrogens (tertiary/aromatic N) is 1. The lowest BCUT2D eigenvalue weighted by Crippen LogP contribution is -2.36. The van der Waals surface area contributed by atoms with Gasteiger partial charge in [-0.2, -0.15) is 0 Å². The predicted octanol–water partition coefficient (Wildman–Crippen LogP) is 6.66. The first kappa shape index (κ1) is 22.5. The summed E-state index contributed by atoms with van der Waals surface area (Å²) in [6, 6.07) is 4.46. The first-order valence-electron chi connectivity index (χ1n) is 10.6. The third-order valence-corrected chi connectivity index (χ3v) is 8.51. The highest BCUT2D eigenvalue weighted by atomic mass is 127. The fraction of sp³-hybridized carbons (Fsp3) is 0.478. The summed E-state index contributed by atoms with van der Waals surface area (Å²) in [6.45, 7) is 0. The molecule has 2 aliphatic carbocycles. The molecule has 0 atom stereocenters. The van der Waals surface area contributed by atoms with Crippen molar-refractivity contribution >= 4 is 73.6 Å². The van der Waals surface area contributed by atoms with Crippen LogP contribution in [0, 0.1) is 7.14 Å². The number of aryl methyl sites for hydroxylation is 1. The molecule has 0 unspecified atom stereocenters. The number of aliphatic imine (C=N–C) groups is 1. The van der Waals surface area contributed by atoms with Gasteiger partial charge in [-0.1, -0.05) is 19.3 Å². The average Bonchev–Trinajstić information content (AvgIpc) is 3.11. The summed E-state index contributed by atoms with van der Waals surface area (Å²) in [7, 11) is 1.69. The fourth-order valence-corrected chi connectivity index (χ4v) is 7.74. The molecule has 1 saturated carbocycles. The van der Waals surface area contributed by atoms with Crippen molar-refractivity contribution in [3.05, 3.63) is 40.8 Å². The lowest BCUT2D eigenvalue weighted by Gasteiger charge is -2.23. The van der Waals surface area contributed by atoms with Crippen LogP contribution in [0.1, 0.15) is 71.3 Å². The highest BCUT2D eigenvalue weighted by Crippen LogP contribution is 2.40. The van der Waals surface area contributed by atoms with Crippen molar-refractivity contribution < 1.29 is 9.53 Å². The molecule has 0 saturated heterocycles. The van der Waals surface area contributed by atoms with Crippen molar-refractivity contribution in [3.63, 3.8) is 0 Å². The van der Waals surface area contributed by atoms with E-state index in [9.17, 15) is 4.79 Å². The molecule has 7 heteroatoms. The van der Waals surface area contributed by atoms with Gasteiger partial charge < -0.3 is 10.1 Å². The van der Waals surface area contributed by atoms with Gasteiger partial charge in [0, 0.05) is 26.3 Å². The van der Waals surface area contributed by atoms with Crippen LogP contribution in [0.2, 0.25) is 0 Å². The highest BCUT2D eigenvalue weighted by molar-refractivity contribution is 14.1. The van der Waals surface area contributed by atoms with Crippen LogP contribution < -0.4 is 10.1 Å². The molecule has 0 spiro atoms. The average molecular weight is 648 g/mol. The van der Waals surface area contributed by atoms with E-state index >= 15 is 0 Å². The third kappa shape index (κ3) is 5.03. The van der Waals surface area contributed by atoms with Crippen molar-refractivity contribution in [2.45, 2.75) is 63.8 Å². The van der Waals surface area contributed by atoms with Crippen molar-refractivity contribution in [1.82, 2.24) is 5.32 Å². The predicted molar refractivity (Wildman–Crippen MR) is 141 cm³/mol. The molecule has 4 rings (SSSR count). The van der Waals surface area contributed by atoms with Crippen LogP contribution in [0.15, 0.2) is 17.1 Å². The summed E-state index contributed by atoms with van der Waals surface area (Å²) in [5, 5.41) is 4.16. The zero-order chi connectivity index (χ0) is 21.1. The zero-order valence-corrected chi connectivity index (χ0v) is 22.2. The summed E-state index contributed by atoms with van der Waals surface area (Å²) < 4.78 is 7.80. The lowest BCUT2D eigenvalue weighted by molar-refractivity contribution is 0.0927. The standard InChI is InChI=1S/C23H26I2N2O2S/c1-29-21-14(11-15(24)12-18(21)25)13-26-23-20(17-9-5-6-10-19(17)30-23)22(28)27-16-7-3-2-4-8-16/h11-13,16H,2-10H2,1H3,(H,27,28). The van der Waals surface area contributed by atoms with Crippen LogP contribution in [-0.4, -0.2) is 25.3 Å². The Morgan fingerprint density at radius 2 is 1.93 bits per heavy atom. The molecule has 4 nitrogen and oxygen atoms in total. The van der Waals surface area contributed by atoms with Crippen LogP contribution in [0.5, 0.6) is 5.75 Å². The summed E-state index contributed by atoms with van der Waals surface area (Å²) in [4.78, 5) is 19.5. The Hall–Kier alpha value is -0.680. The Kier molecular flexibility index (Phi) is 7.72. The number of fused-ring (bicyclic) bond motifs is 1. The smallest absolute Gasteiger partial charge is 0.254 e. The Morgan fingerprint density at radius 3 is 2.70 bits per heavy atom. The summed E-state index contributed by atoms with van der Waals surface area (Å²) >= 11 is 6.29. The Labute approximate surface area is 209 Å². The number of hydrogen-bond donors (Lipinski definition) is 1. The molecule has 1 aromatic carbocycles. The van der Waals surface area contributed by atoms with E-state index in [4.69, 9.17) is 9.73 Å². The molecule has 2 aliphatic rings. The minimum Gasteiger partial charge on any atom is -0.495 e. The second kappa shape index (κ2) is 10.3. The quantitative estimate of drug-likeness (QED) is 0.292. The number of rotatable bonds is 5. The number of amides is 1. The molecule has 1 aromatic heterocycles. The molecule has 1 fully saturated rings. The minimum atomic E-state index is 0.0673. The monoisotopic (exact) mass is 648 g/mol. The van der Waals surface area contributed by atoms with Crippen molar-refractivity contribution in [1.29, 1.82) is 0 Å². The molecular weight excluding hydrogens is 622 g/mol. The summed E-state index contributed by atoms with van der Waals surface area (Å²) in [5.41, 5.74) is 2.99. The molecular formula is C23H26I2N2O2S.